The monoisotopic (exact) mass is 514 g/mol. The van der Waals surface area contributed by atoms with Crippen LogP contribution in [0.15, 0.2) is 66.9 Å². The summed E-state index contributed by atoms with van der Waals surface area (Å²) in [7, 11) is -5.36. The minimum absolute atomic E-state index is 0.0845. The standard InChI is InChI=1S/C26H32N4O4S/c1-20(2)30(16-10-11-17-34-19-24(31)29-35(3,32)33)23-18-27-25(21-12-6-4-7-13-21)26(28-23)22-14-8-5-9-15-22/h4-9,12-15,18,20H,10-11,16-17,19H2,1-3H3,(H,29,31)/i1D3,2D3,3D3,10D2,11D2,16D2,17D2,20D. The number of anilines is 1. The highest BCUT2D eigenvalue weighted by Gasteiger charge is 2.17. The number of hydrogen-bond acceptors (Lipinski definition) is 7. The number of benzene rings is 2. The van der Waals surface area contributed by atoms with E-state index < -0.39 is 85.0 Å². The molecule has 9 heteroatoms. The number of amides is 1. The molecule has 1 amide bonds. The summed E-state index contributed by atoms with van der Waals surface area (Å²) >= 11 is 0. The molecule has 8 nitrogen and oxygen atoms in total. The molecule has 1 heterocycles. The number of nitrogens with one attached hydrogen (secondary N) is 1. The topological polar surface area (TPSA) is 101 Å². The van der Waals surface area contributed by atoms with Crippen LogP contribution in [0.2, 0.25) is 0 Å². The number of aromatic nitrogens is 2. The molecule has 0 saturated heterocycles. The lowest BCUT2D eigenvalue weighted by Crippen LogP contribution is -2.33. The van der Waals surface area contributed by atoms with Gasteiger partial charge in [0.15, 0.2) is 0 Å². The van der Waals surface area contributed by atoms with Crippen LogP contribution in [0.5, 0.6) is 0 Å². The number of rotatable bonds is 12. The van der Waals surface area contributed by atoms with Crippen LogP contribution in [0.3, 0.4) is 0 Å². The van der Waals surface area contributed by atoms with E-state index in [1.54, 1.807) is 48.5 Å². The van der Waals surface area contributed by atoms with Crippen molar-refractivity contribution >= 4 is 21.7 Å². The Kier molecular flexibility index (Phi) is 3.97. The van der Waals surface area contributed by atoms with Crippen LogP contribution >= 0.6 is 0 Å². The predicted octanol–water partition coefficient (Wildman–Crippen LogP) is 3.90. The number of carbonyl (C=O) groups excluding carboxylic acids is 1. The van der Waals surface area contributed by atoms with Gasteiger partial charge in [-0.25, -0.2) is 13.4 Å². The van der Waals surface area contributed by atoms with Crippen LogP contribution in [0, 0.1) is 0 Å². The van der Waals surface area contributed by atoms with Gasteiger partial charge in [0.2, 0.25) is 10.0 Å². The van der Waals surface area contributed by atoms with Crippen LogP contribution in [-0.4, -0.2) is 56.2 Å². The Balaban J connectivity index is 2.30. The Hall–Kier alpha value is -3.30. The van der Waals surface area contributed by atoms with E-state index in [1.165, 1.54) is 12.1 Å². The highest BCUT2D eigenvalue weighted by Crippen LogP contribution is 2.30. The van der Waals surface area contributed by atoms with Gasteiger partial charge >= 0.3 is 0 Å². The first-order valence-corrected chi connectivity index (χ1v) is 11.2. The third kappa shape index (κ3) is 8.15. The average molecular weight is 515 g/mol. The van der Waals surface area contributed by atoms with Gasteiger partial charge in [-0.1, -0.05) is 60.7 Å². The molecule has 0 atom stereocenters. The van der Waals surface area contributed by atoms with Crippen molar-refractivity contribution in [3.63, 3.8) is 0 Å². The van der Waals surface area contributed by atoms with Crippen molar-refractivity contribution in [1.82, 2.24) is 14.7 Å². The zero-order chi connectivity index (χ0) is 40.9. The Morgan fingerprint density at radius 1 is 1.09 bits per heavy atom. The first kappa shape index (κ1) is 11.2. The number of sulfonamides is 1. The zero-order valence-corrected chi connectivity index (χ0v) is 18.8. The maximum Gasteiger partial charge on any atom is 0.259 e. The van der Waals surface area contributed by atoms with Gasteiger partial charge in [-0.3, -0.25) is 14.5 Å². The highest BCUT2D eigenvalue weighted by atomic mass is 32.2. The third-order valence-corrected chi connectivity index (χ3v) is 4.61. The van der Waals surface area contributed by atoms with Gasteiger partial charge in [0, 0.05) is 50.8 Å². The predicted molar refractivity (Wildman–Crippen MR) is 138 cm³/mol. The fourth-order valence-electron chi connectivity index (χ4n) is 2.75. The zero-order valence-electron chi connectivity index (χ0n) is 35.9. The lowest BCUT2D eigenvalue weighted by molar-refractivity contribution is -0.123. The van der Waals surface area contributed by atoms with Gasteiger partial charge < -0.3 is 9.64 Å². The van der Waals surface area contributed by atoms with E-state index in [0.717, 1.165) is 4.72 Å². The molecule has 0 bridgehead atoms. The van der Waals surface area contributed by atoms with Crippen LogP contribution in [-0.2, 0) is 19.6 Å². The van der Waals surface area contributed by atoms with Crippen LogP contribution in [0.1, 0.15) is 51.1 Å². The second kappa shape index (κ2) is 12.4. The molecule has 0 unspecified atom stereocenters. The molecule has 0 fully saturated rings. The van der Waals surface area contributed by atoms with E-state index >= 15 is 0 Å². The fourth-order valence-corrected chi connectivity index (χ4v) is 3.10. The molecule has 1 aromatic heterocycles. The molecular formula is C26H32N4O4S. The SMILES string of the molecule is [2H]C([2H])([2H])C([2H])(N(c1cnc(-c2ccccc2)c(-c2ccccc2)n1)C([2H])([2H])C([2H])([2H])C([2H])([2H])C([2H])([2H])OCC(=O)NS(=O)(=O)C([2H])([2H])[2H])C([2H])([2H])[2H]. The number of hydrogen-bond donors (Lipinski definition) is 1. The van der Waals surface area contributed by atoms with Crippen LogP contribution < -0.4 is 9.62 Å². The lowest BCUT2D eigenvalue weighted by atomic mass is 10.0. The van der Waals surface area contributed by atoms with Crippen molar-refractivity contribution < 1.29 is 42.6 Å². The van der Waals surface area contributed by atoms with Gasteiger partial charge in [-0.05, 0) is 26.4 Å². The molecule has 3 aromatic rings. The van der Waals surface area contributed by atoms with Crippen LogP contribution in [0.25, 0.3) is 22.5 Å². The quantitative estimate of drug-likeness (QED) is 0.391. The minimum Gasteiger partial charge on any atom is -0.372 e. The number of nitrogens with zero attached hydrogens (tertiary/aromatic N) is 3. The molecule has 0 aliphatic heterocycles. The normalized spacial score (nSPS) is 22.1. The maximum absolute atomic E-state index is 12.2. The second-order valence-electron chi connectivity index (χ2n) is 6.62. The minimum atomic E-state index is -5.36. The van der Waals surface area contributed by atoms with Gasteiger partial charge in [0.05, 0.1) is 27.9 Å². The summed E-state index contributed by atoms with van der Waals surface area (Å²) in [5, 5.41) is 0. The number of carbonyl (C=O) groups is 1. The van der Waals surface area contributed by atoms with Gasteiger partial charge in [-0.15, -0.1) is 0 Å². The van der Waals surface area contributed by atoms with Crippen LogP contribution in [0.4, 0.5) is 5.82 Å². The van der Waals surface area contributed by atoms with Gasteiger partial charge in [0.25, 0.3) is 5.91 Å². The number of ether oxygens (including phenoxy) is 1. The van der Waals surface area contributed by atoms with E-state index in [2.05, 4.69) is 14.7 Å². The first-order valence-electron chi connectivity index (χ1n) is 18.8. The fraction of sp³-hybridized carbons (Fsp3) is 0.346. The Labute approximate surface area is 232 Å². The summed E-state index contributed by atoms with van der Waals surface area (Å²) in [6.07, 6.45) is -12.0. The van der Waals surface area contributed by atoms with Crippen molar-refractivity contribution in [1.29, 1.82) is 0 Å². The van der Waals surface area contributed by atoms with Crippen molar-refractivity contribution in [3.05, 3.63) is 66.9 Å². The van der Waals surface area contributed by atoms with E-state index in [9.17, 15) is 13.2 Å². The molecule has 2 aromatic carbocycles. The summed E-state index contributed by atoms with van der Waals surface area (Å²) < 4.78 is 176. The molecule has 1 N–H and O–H groups in total. The third-order valence-electron chi connectivity index (χ3n) is 4.11. The lowest BCUT2D eigenvalue weighted by Gasteiger charge is -2.28. The van der Waals surface area contributed by atoms with E-state index in [4.69, 9.17) is 24.7 Å². The Morgan fingerprint density at radius 3 is 2.37 bits per heavy atom. The molecular weight excluding hydrogens is 464 g/mol. The second-order valence-corrected chi connectivity index (χ2v) is 7.83. The van der Waals surface area contributed by atoms with E-state index in [0.29, 0.717) is 11.8 Å². The summed E-state index contributed by atoms with van der Waals surface area (Å²) in [5.74, 6) is -2.96. The average Bonchev–Trinajstić information content (AvgIpc) is 3.02. The Bertz CT molecular complexity index is 1870. The van der Waals surface area contributed by atoms with Crippen molar-refractivity contribution in [3.8, 4) is 22.5 Å². The van der Waals surface area contributed by atoms with E-state index in [1.807, 2.05) is 0 Å². The molecule has 0 aliphatic rings. The van der Waals surface area contributed by atoms with Crippen molar-refractivity contribution in [2.45, 2.75) is 32.5 Å². The molecule has 35 heavy (non-hydrogen) atoms. The summed E-state index contributed by atoms with van der Waals surface area (Å²) in [5.41, 5.74) is 0.605. The Morgan fingerprint density at radius 2 is 1.74 bits per heavy atom. The summed E-state index contributed by atoms with van der Waals surface area (Å²) in [4.78, 5) is 20.2. The first-order chi connectivity index (χ1) is 23.8. The van der Waals surface area contributed by atoms with Crippen molar-refractivity contribution in [2.75, 3.05) is 30.7 Å². The smallest absolute Gasteiger partial charge is 0.259 e. The molecule has 0 aliphatic carbocycles. The molecule has 0 radical (unpaired) electrons. The largest absolute Gasteiger partial charge is 0.372 e. The van der Waals surface area contributed by atoms with Gasteiger partial charge in [-0.2, -0.15) is 0 Å². The summed E-state index contributed by atoms with van der Waals surface area (Å²) in [6, 6.07) is 11.7. The maximum atomic E-state index is 12.2. The summed E-state index contributed by atoms with van der Waals surface area (Å²) in [6.45, 7) is -18.5. The van der Waals surface area contributed by atoms with Gasteiger partial charge in [0.1, 0.15) is 12.4 Å². The molecule has 186 valence electrons. The molecule has 0 saturated carbocycles. The molecule has 3 rings (SSSR count). The molecule has 0 spiro atoms. The van der Waals surface area contributed by atoms with E-state index in [-0.39, 0.29) is 17.0 Å². The van der Waals surface area contributed by atoms with Crippen molar-refractivity contribution in [2.24, 2.45) is 0 Å². The highest BCUT2D eigenvalue weighted by molar-refractivity contribution is 7.89.